The second-order valence-corrected chi connectivity index (χ2v) is 7.29. The van der Waals surface area contributed by atoms with E-state index in [1.165, 1.54) is 0 Å². The summed E-state index contributed by atoms with van der Waals surface area (Å²) in [6, 6.07) is 17.2. The maximum Gasteiger partial charge on any atom is 0.260 e. The van der Waals surface area contributed by atoms with Crippen LogP contribution in [0.3, 0.4) is 0 Å². The van der Waals surface area contributed by atoms with Gasteiger partial charge < -0.3 is 14.2 Å². The minimum absolute atomic E-state index is 0.120. The molecule has 1 aliphatic heterocycles. The summed E-state index contributed by atoms with van der Waals surface area (Å²) in [5, 5.41) is 4.66. The highest BCUT2D eigenvalue weighted by Gasteiger charge is 2.36. The number of halogens is 1. The molecule has 0 bridgehead atoms. The lowest BCUT2D eigenvalue weighted by atomic mass is 9.98. The molecule has 1 saturated heterocycles. The quantitative estimate of drug-likeness (QED) is 0.631. The largest absolute Gasteiger partial charge is 0.370 e. The minimum atomic E-state index is -0.178. The number of morpholine rings is 1. The number of ether oxygens (including phenoxy) is 1. The summed E-state index contributed by atoms with van der Waals surface area (Å²) in [6.07, 6.45) is -0.178. The first kappa shape index (κ1) is 18.7. The van der Waals surface area contributed by atoms with Crippen molar-refractivity contribution in [1.29, 1.82) is 0 Å². The second-order valence-electron chi connectivity index (χ2n) is 6.88. The number of hydrogen-bond donors (Lipinski definition) is 0. The topological polar surface area (TPSA) is 55.6 Å². The minimum Gasteiger partial charge on any atom is -0.370 e. The van der Waals surface area contributed by atoms with Crippen molar-refractivity contribution in [3.8, 4) is 11.3 Å². The molecular weight excluding hydrogens is 376 g/mol. The van der Waals surface area contributed by atoms with Crippen LogP contribution in [0.4, 0.5) is 0 Å². The summed E-state index contributed by atoms with van der Waals surface area (Å²) in [6.45, 7) is 4.74. The molecule has 2 aromatic carbocycles. The number of rotatable bonds is 3. The van der Waals surface area contributed by atoms with Crippen LogP contribution in [-0.2, 0) is 4.74 Å². The van der Waals surface area contributed by atoms with Crippen LogP contribution in [0.15, 0.2) is 59.1 Å². The Balaban J connectivity index is 1.68. The number of aryl methyl sites for hydroxylation is 1. The van der Waals surface area contributed by atoms with E-state index in [2.05, 4.69) is 5.16 Å². The number of carbonyl (C=O) groups is 1. The van der Waals surface area contributed by atoms with Crippen molar-refractivity contribution in [2.75, 3.05) is 13.2 Å². The van der Waals surface area contributed by atoms with Crippen LogP contribution in [0, 0.1) is 6.92 Å². The van der Waals surface area contributed by atoms with Gasteiger partial charge in [0.25, 0.3) is 5.91 Å². The van der Waals surface area contributed by atoms with Gasteiger partial charge in [-0.3, -0.25) is 4.79 Å². The van der Waals surface area contributed by atoms with E-state index in [4.69, 9.17) is 20.9 Å². The molecule has 1 amide bonds. The molecule has 1 fully saturated rings. The Bertz CT molecular complexity index is 986. The first-order chi connectivity index (χ1) is 13.6. The molecule has 0 spiro atoms. The van der Waals surface area contributed by atoms with E-state index in [9.17, 15) is 4.79 Å². The molecule has 1 aliphatic rings. The van der Waals surface area contributed by atoms with E-state index in [1.807, 2.05) is 60.4 Å². The van der Waals surface area contributed by atoms with E-state index >= 15 is 0 Å². The van der Waals surface area contributed by atoms with E-state index in [0.29, 0.717) is 40.8 Å². The molecule has 0 aliphatic carbocycles. The molecule has 2 atom stereocenters. The number of amides is 1. The van der Waals surface area contributed by atoms with Crippen molar-refractivity contribution >= 4 is 17.5 Å². The van der Waals surface area contributed by atoms with Crippen LogP contribution in [0.1, 0.15) is 34.7 Å². The highest BCUT2D eigenvalue weighted by molar-refractivity contribution is 6.33. The lowest BCUT2D eigenvalue weighted by Gasteiger charge is -2.39. The number of carbonyl (C=O) groups excluding carboxylic acids is 1. The van der Waals surface area contributed by atoms with Crippen molar-refractivity contribution < 1.29 is 14.1 Å². The Kier molecular flexibility index (Phi) is 5.20. The van der Waals surface area contributed by atoms with Crippen LogP contribution in [0.2, 0.25) is 5.02 Å². The second kappa shape index (κ2) is 7.78. The first-order valence-corrected chi connectivity index (χ1v) is 9.64. The summed E-state index contributed by atoms with van der Waals surface area (Å²) in [7, 11) is 0. The number of aromatic nitrogens is 1. The molecular formula is C22H21ClN2O3. The van der Waals surface area contributed by atoms with Gasteiger partial charge in [0, 0.05) is 12.1 Å². The molecule has 3 aromatic rings. The fourth-order valence-corrected chi connectivity index (χ4v) is 3.92. The predicted octanol–water partition coefficient (Wildman–Crippen LogP) is 4.91. The van der Waals surface area contributed by atoms with Gasteiger partial charge in [-0.05, 0) is 25.5 Å². The van der Waals surface area contributed by atoms with Gasteiger partial charge in [0.15, 0.2) is 0 Å². The highest BCUT2D eigenvalue weighted by atomic mass is 35.5. The van der Waals surface area contributed by atoms with E-state index in [1.54, 1.807) is 13.0 Å². The van der Waals surface area contributed by atoms with Gasteiger partial charge in [0.2, 0.25) is 0 Å². The number of benzene rings is 2. The lowest BCUT2D eigenvalue weighted by molar-refractivity contribution is -0.0551. The summed E-state index contributed by atoms with van der Waals surface area (Å²) in [4.78, 5) is 15.3. The molecule has 0 unspecified atom stereocenters. The molecule has 0 radical (unpaired) electrons. The van der Waals surface area contributed by atoms with Crippen LogP contribution < -0.4 is 0 Å². The van der Waals surface area contributed by atoms with E-state index < -0.39 is 0 Å². The van der Waals surface area contributed by atoms with Gasteiger partial charge in [-0.2, -0.15) is 0 Å². The lowest BCUT2D eigenvalue weighted by Crippen LogP contribution is -2.48. The van der Waals surface area contributed by atoms with Crippen molar-refractivity contribution in [3.63, 3.8) is 0 Å². The Labute approximate surface area is 168 Å². The molecule has 144 valence electrons. The third-order valence-electron chi connectivity index (χ3n) is 5.15. The van der Waals surface area contributed by atoms with Gasteiger partial charge in [-0.25, -0.2) is 0 Å². The predicted molar refractivity (Wildman–Crippen MR) is 107 cm³/mol. The standard InChI is InChI=1S/C22H21ClN2O3/c1-14-21(16-8-4-3-5-9-16)27-13-12-25(14)22(26)19-15(2)28-24-20(19)17-10-6-7-11-18(17)23/h3-11,14,21H,12-13H2,1-2H3/t14-,21+/m0/s1. The summed E-state index contributed by atoms with van der Waals surface area (Å²) in [5.74, 6) is 0.361. The van der Waals surface area contributed by atoms with Gasteiger partial charge in [-0.15, -0.1) is 0 Å². The summed E-state index contributed by atoms with van der Waals surface area (Å²) in [5.41, 5.74) is 2.67. The Morgan fingerprint density at radius 3 is 2.61 bits per heavy atom. The Morgan fingerprint density at radius 1 is 1.14 bits per heavy atom. The first-order valence-electron chi connectivity index (χ1n) is 9.26. The van der Waals surface area contributed by atoms with Crippen LogP contribution >= 0.6 is 11.6 Å². The van der Waals surface area contributed by atoms with Crippen LogP contribution in [0.5, 0.6) is 0 Å². The van der Waals surface area contributed by atoms with Crippen molar-refractivity contribution in [3.05, 3.63) is 76.5 Å². The summed E-state index contributed by atoms with van der Waals surface area (Å²) >= 11 is 6.34. The smallest absolute Gasteiger partial charge is 0.260 e. The summed E-state index contributed by atoms with van der Waals surface area (Å²) < 4.78 is 11.4. The SMILES string of the molecule is Cc1onc(-c2ccccc2Cl)c1C(=O)N1CCO[C@@H](c2ccccc2)[C@@H]1C. The number of hydrogen-bond acceptors (Lipinski definition) is 4. The van der Waals surface area contributed by atoms with Crippen LogP contribution in [-0.4, -0.2) is 35.2 Å². The molecule has 28 heavy (non-hydrogen) atoms. The van der Waals surface area contributed by atoms with E-state index in [0.717, 1.165) is 5.56 Å². The van der Waals surface area contributed by atoms with Crippen molar-refractivity contribution in [2.24, 2.45) is 0 Å². The highest BCUT2D eigenvalue weighted by Crippen LogP contribution is 2.34. The molecule has 4 rings (SSSR count). The van der Waals surface area contributed by atoms with Gasteiger partial charge in [0.1, 0.15) is 23.1 Å². The third-order valence-corrected chi connectivity index (χ3v) is 5.48. The fraction of sp³-hybridized carbons (Fsp3) is 0.273. The molecule has 6 heteroatoms. The molecule has 2 heterocycles. The Hall–Kier alpha value is -2.63. The monoisotopic (exact) mass is 396 g/mol. The molecule has 5 nitrogen and oxygen atoms in total. The maximum atomic E-state index is 13.5. The van der Waals surface area contributed by atoms with Crippen molar-refractivity contribution in [2.45, 2.75) is 26.0 Å². The van der Waals surface area contributed by atoms with E-state index in [-0.39, 0.29) is 18.1 Å². The average molecular weight is 397 g/mol. The zero-order chi connectivity index (χ0) is 19.7. The average Bonchev–Trinajstić information content (AvgIpc) is 3.10. The van der Waals surface area contributed by atoms with Crippen LogP contribution in [0.25, 0.3) is 11.3 Å². The molecule has 0 N–H and O–H groups in total. The van der Waals surface area contributed by atoms with Gasteiger partial charge in [0.05, 0.1) is 17.7 Å². The zero-order valence-corrected chi connectivity index (χ0v) is 16.5. The zero-order valence-electron chi connectivity index (χ0n) is 15.8. The molecule has 0 saturated carbocycles. The fourth-order valence-electron chi connectivity index (χ4n) is 3.69. The molecule has 1 aromatic heterocycles. The number of nitrogens with zero attached hydrogens (tertiary/aromatic N) is 2. The third kappa shape index (κ3) is 3.32. The normalized spacial score (nSPS) is 19.6. The van der Waals surface area contributed by atoms with Gasteiger partial charge in [-0.1, -0.05) is 65.3 Å². The maximum absolute atomic E-state index is 13.5. The Morgan fingerprint density at radius 2 is 1.86 bits per heavy atom. The van der Waals surface area contributed by atoms with Crippen molar-refractivity contribution in [1.82, 2.24) is 10.1 Å². The van der Waals surface area contributed by atoms with Gasteiger partial charge >= 0.3 is 0 Å².